The molecule has 0 amide bonds. The van der Waals surface area contributed by atoms with Gasteiger partial charge in [-0.25, -0.2) is 0 Å². The van der Waals surface area contributed by atoms with Gasteiger partial charge in [0.15, 0.2) is 16.6 Å². The Balaban J connectivity index is 1.92. The van der Waals surface area contributed by atoms with Gasteiger partial charge in [0.2, 0.25) is 5.72 Å². The van der Waals surface area contributed by atoms with E-state index in [4.69, 9.17) is 26.4 Å². The summed E-state index contributed by atoms with van der Waals surface area (Å²) < 4.78 is 17.4. The Morgan fingerprint density at radius 3 is 2.68 bits per heavy atom. The minimum Gasteiger partial charge on any atom is -0.493 e. The van der Waals surface area contributed by atoms with E-state index in [0.29, 0.717) is 23.2 Å². The molecule has 1 saturated heterocycles. The number of esters is 1. The maximum absolute atomic E-state index is 13.0. The van der Waals surface area contributed by atoms with Crippen molar-refractivity contribution >= 4 is 29.0 Å². The summed E-state index contributed by atoms with van der Waals surface area (Å²) in [6.07, 6.45) is 0. The minimum absolute atomic E-state index is 0.291. The average Bonchev–Trinajstić information content (AvgIpc) is 2.68. The number of benzene rings is 2. The maximum atomic E-state index is 13.0. The molecular formula is C21H22N2O4S. The summed E-state index contributed by atoms with van der Waals surface area (Å²) in [7, 11) is 1.60. The van der Waals surface area contributed by atoms with Crippen LogP contribution in [0.1, 0.15) is 25.5 Å². The van der Waals surface area contributed by atoms with Gasteiger partial charge in [-0.1, -0.05) is 30.3 Å². The van der Waals surface area contributed by atoms with Gasteiger partial charge in [-0.2, -0.15) is 0 Å². The van der Waals surface area contributed by atoms with Gasteiger partial charge in [0, 0.05) is 11.3 Å². The van der Waals surface area contributed by atoms with Crippen molar-refractivity contribution in [3.63, 3.8) is 0 Å². The van der Waals surface area contributed by atoms with Crippen molar-refractivity contribution in [2.45, 2.75) is 25.6 Å². The van der Waals surface area contributed by atoms with Crippen molar-refractivity contribution in [1.82, 2.24) is 5.32 Å². The highest BCUT2D eigenvalue weighted by molar-refractivity contribution is 7.80. The van der Waals surface area contributed by atoms with Gasteiger partial charge in [-0.3, -0.25) is 9.69 Å². The van der Waals surface area contributed by atoms with E-state index in [9.17, 15) is 4.79 Å². The van der Waals surface area contributed by atoms with E-state index in [1.165, 1.54) is 0 Å². The number of carbonyl (C=O) groups is 1. The van der Waals surface area contributed by atoms with E-state index in [1.807, 2.05) is 60.4 Å². The van der Waals surface area contributed by atoms with Crippen molar-refractivity contribution in [1.29, 1.82) is 0 Å². The van der Waals surface area contributed by atoms with Crippen LogP contribution in [0.15, 0.2) is 48.5 Å². The molecule has 2 bridgehead atoms. The van der Waals surface area contributed by atoms with Gasteiger partial charge in [-0.15, -0.1) is 0 Å². The number of anilines is 1. The fraction of sp³-hybridized carbons (Fsp3) is 0.333. The van der Waals surface area contributed by atoms with Crippen molar-refractivity contribution in [2.75, 3.05) is 18.6 Å². The van der Waals surface area contributed by atoms with Crippen LogP contribution in [0.4, 0.5) is 5.69 Å². The number of methoxy groups -OCH3 is 1. The Morgan fingerprint density at radius 1 is 1.25 bits per heavy atom. The largest absolute Gasteiger partial charge is 0.493 e. The second kappa shape index (κ2) is 6.98. The standard InChI is InChI=1S/C21H22N2O4S/c1-4-26-19(24)16-17-14-11-8-12-15(25-3)18(14)27-21(16,2)23(20(28)22-17)13-9-6-5-7-10-13/h5-12,16-17H,4H2,1-3H3,(H,22,28)/t16-,17-,21+/m1/s1. The van der Waals surface area contributed by atoms with Crippen molar-refractivity contribution in [2.24, 2.45) is 5.92 Å². The molecule has 0 aromatic heterocycles. The molecule has 4 rings (SSSR count). The van der Waals surface area contributed by atoms with Crippen LogP contribution in [-0.2, 0) is 9.53 Å². The van der Waals surface area contributed by atoms with E-state index in [1.54, 1.807) is 14.0 Å². The number of thiocarbonyl (C=S) groups is 1. The molecule has 0 aliphatic carbocycles. The summed E-state index contributed by atoms with van der Waals surface area (Å²) in [4.78, 5) is 14.9. The first kappa shape index (κ1) is 18.6. The highest BCUT2D eigenvalue weighted by atomic mass is 32.1. The Hall–Kier alpha value is -2.80. The van der Waals surface area contributed by atoms with E-state index < -0.39 is 11.6 Å². The highest BCUT2D eigenvalue weighted by Crippen LogP contribution is 2.52. The summed E-state index contributed by atoms with van der Waals surface area (Å²) in [5, 5.41) is 3.83. The molecule has 146 valence electrons. The van der Waals surface area contributed by atoms with Crippen LogP contribution >= 0.6 is 12.2 Å². The van der Waals surface area contributed by atoms with Gasteiger partial charge in [-0.05, 0) is 44.3 Å². The zero-order chi connectivity index (χ0) is 19.9. The average molecular weight is 398 g/mol. The van der Waals surface area contributed by atoms with Gasteiger partial charge in [0.25, 0.3) is 0 Å². The molecule has 1 N–H and O–H groups in total. The van der Waals surface area contributed by atoms with Crippen molar-refractivity contribution < 1.29 is 19.0 Å². The molecule has 28 heavy (non-hydrogen) atoms. The zero-order valence-electron chi connectivity index (χ0n) is 16.0. The lowest BCUT2D eigenvalue weighted by molar-refractivity contribution is -0.159. The van der Waals surface area contributed by atoms with Crippen LogP contribution < -0.4 is 19.7 Å². The molecule has 2 aliphatic rings. The lowest BCUT2D eigenvalue weighted by Crippen LogP contribution is -2.71. The third-order valence-electron chi connectivity index (χ3n) is 5.26. The smallest absolute Gasteiger partial charge is 0.317 e. The molecule has 0 saturated carbocycles. The van der Waals surface area contributed by atoms with Crippen LogP contribution in [0, 0.1) is 5.92 Å². The number of para-hydroxylation sites is 2. The fourth-order valence-corrected chi connectivity index (χ4v) is 4.50. The second-order valence-corrected chi connectivity index (χ2v) is 7.25. The normalized spacial score (nSPS) is 25.2. The van der Waals surface area contributed by atoms with Crippen LogP contribution in [0.3, 0.4) is 0 Å². The topological polar surface area (TPSA) is 60.0 Å². The van der Waals surface area contributed by atoms with Crippen molar-refractivity contribution in [3.05, 3.63) is 54.1 Å². The van der Waals surface area contributed by atoms with E-state index in [0.717, 1.165) is 11.3 Å². The number of fused-ring (bicyclic) bond motifs is 4. The number of nitrogens with one attached hydrogen (secondary N) is 1. The number of rotatable bonds is 4. The summed E-state index contributed by atoms with van der Waals surface area (Å²) in [6.45, 7) is 3.96. The SMILES string of the molecule is CCOC(=O)[C@H]1[C@@H]2NC(=S)N(c3ccccc3)[C@@]1(C)Oc1c(OC)cccc12. The molecule has 6 nitrogen and oxygen atoms in total. The number of ether oxygens (including phenoxy) is 3. The molecule has 2 aromatic rings. The number of hydrogen-bond donors (Lipinski definition) is 1. The number of hydrogen-bond acceptors (Lipinski definition) is 5. The zero-order valence-corrected chi connectivity index (χ0v) is 16.8. The highest BCUT2D eigenvalue weighted by Gasteiger charge is 2.60. The lowest BCUT2D eigenvalue weighted by Gasteiger charge is -2.55. The summed E-state index contributed by atoms with van der Waals surface area (Å²) in [6, 6.07) is 14.9. The molecule has 0 spiro atoms. The predicted molar refractivity (Wildman–Crippen MR) is 110 cm³/mol. The third kappa shape index (κ3) is 2.69. The molecule has 7 heteroatoms. The monoisotopic (exact) mass is 398 g/mol. The predicted octanol–water partition coefficient (Wildman–Crippen LogP) is 3.42. The Kier molecular flexibility index (Phi) is 4.63. The van der Waals surface area contributed by atoms with E-state index in [-0.39, 0.29) is 12.0 Å². The minimum atomic E-state index is -1.08. The summed E-state index contributed by atoms with van der Waals surface area (Å²) in [5.74, 6) is 0.256. The Bertz CT molecular complexity index is 920. The van der Waals surface area contributed by atoms with Crippen LogP contribution in [0.25, 0.3) is 0 Å². The second-order valence-electron chi connectivity index (χ2n) is 6.86. The first-order valence-electron chi connectivity index (χ1n) is 9.19. The van der Waals surface area contributed by atoms with Crippen LogP contribution in [-0.4, -0.2) is 30.5 Å². The first-order chi connectivity index (χ1) is 13.5. The quantitative estimate of drug-likeness (QED) is 0.625. The van der Waals surface area contributed by atoms with Crippen LogP contribution in [0.2, 0.25) is 0 Å². The number of nitrogens with zero attached hydrogens (tertiary/aromatic N) is 1. The molecule has 2 aromatic carbocycles. The van der Waals surface area contributed by atoms with Crippen molar-refractivity contribution in [3.8, 4) is 11.5 Å². The summed E-state index contributed by atoms with van der Waals surface area (Å²) in [5.41, 5.74) is 0.570. The molecule has 2 aliphatic heterocycles. The molecular weight excluding hydrogens is 376 g/mol. The van der Waals surface area contributed by atoms with Crippen LogP contribution in [0.5, 0.6) is 11.5 Å². The Labute approximate surface area is 169 Å². The Morgan fingerprint density at radius 2 is 2.00 bits per heavy atom. The maximum Gasteiger partial charge on any atom is 0.317 e. The molecule has 3 atom stereocenters. The van der Waals surface area contributed by atoms with E-state index >= 15 is 0 Å². The van der Waals surface area contributed by atoms with Gasteiger partial charge in [0.05, 0.1) is 19.8 Å². The molecule has 0 unspecified atom stereocenters. The lowest BCUT2D eigenvalue weighted by atomic mass is 9.79. The molecule has 1 fully saturated rings. The molecule has 0 radical (unpaired) electrons. The molecule has 2 heterocycles. The van der Waals surface area contributed by atoms with Gasteiger partial charge in [0.1, 0.15) is 5.92 Å². The first-order valence-corrected chi connectivity index (χ1v) is 9.60. The summed E-state index contributed by atoms with van der Waals surface area (Å²) >= 11 is 5.68. The van der Waals surface area contributed by atoms with E-state index in [2.05, 4.69) is 5.32 Å². The van der Waals surface area contributed by atoms with Gasteiger partial charge < -0.3 is 19.5 Å². The fourth-order valence-electron chi connectivity index (χ4n) is 4.09. The third-order valence-corrected chi connectivity index (χ3v) is 5.56. The number of carbonyl (C=O) groups excluding carboxylic acids is 1. The van der Waals surface area contributed by atoms with Gasteiger partial charge >= 0.3 is 5.97 Å².